The summed E-state index contributed by atoms with van der Waals surface area (Å²) in [6, 6.07) is 12.6. The van der Waals surface area contributed by atoms with Crippen LogP contribution in [0.2, 0.25) is 10.0 Å². The normalized spacial score (nSPS) is 25.5. The second-order valence-corrected chi connectivity index (χ2v) is 7.64. The van der Waals surface area contributed by atoms with Gasteiger partial charge >= 0.3 is 0 Å². The number of allylic oxidation sites excluding steroid dienone is 2. The van der Waals surface area contributed by atoms with Crippen LogP contribution in [0, 0.1) is 5.92 Å². The standard InChI is InChI=1S/C18H14BrCl2N/c19-11-4-1-3-10(7-11)18-14-6-2-5-13(14)17-15(21)8-12(20)9-16(17)22-18/h1-5,7-9,13-14,18,22H,6H2/t13-,14+,18+/m0/s1. The summed E-state index contributed by atoms with van der Waals surface area (Å²) in [5.74, 6) is 0.838. The number of fused-ring (bicyclic) bond motifs is 3. The molecule has 2 aliphatic rings. The van der Waals surface area contributed by atoms with Crippen molar-refractivity contribution in [3.8, 4) is 0 Å². The molecule has 0 unspecified atom stereocenters. The molecule has 0 radical (unpaired) electrons. The Bertz CT molecular complexity index is 772. The Kier molecular flexibility index (Phi) is 3.72. The molecule has 0 bridgehead atoms. The molecule has 2 aromatic rings. The minimum atomic E-state index is 0.263. The predicted octanol–water partition coefficient (Wildman–Crippen LogP) is 6.58. The molecule has 112 valence electrons. The van der Waals surface area contributed by atoms with Crippen molar-refractivity contribution < 1.29 is 0 Å². The number of rotatable bonds is 1. The van der Waals surface area contributed by atoms with E-state index >= 15 is 0 Å². The molecule has 0 saturated heterocycles. The highest BCUT2D eigenvalue weighted by molar-refractivity contribution is 9.10. The Morgan fingerprint density at radius 3 is 2.82 bits per heavy atom. The summed E-state index contributed by atoms with van der Waals surface area (Å²) in [5, 5.41) is 5.09. The molecule has 0 spiro atoms. The summed E-state index contributed by atoms with van der Waals surface area (Å²) in [5.41, 5.74) is 3.51. The molecule has 1 aliphatic heterocycles. The molecular formula is C18H14BrCl2N. The third kappa shape index (κ3) is 2.38. The van der Waals surface area contributed by atoms with E-state index in [1.165, 1.54) is 11.1 Å². The number of hydrogen-bond acceptors (Lipinski definition) is 1. The number of hydrogen-bond donors (Lipinski definition) is 1. The summed E-state index contributed by atoms with van der Waals surface area (Å²) in [6.07, 6.45) is 5.62. The third-order valence-corrected chi connectivity index (χ3v) is 5.61. The van der Waals surface area contributed by atoms with Gasteiger partial charge in [0, 0.05) is 31.7 Å². The maximum Gasteiger partial charge on any atom is 0.0554 e. The van der Waals surface area contributed by atoms with E-state index in [1.54, 1.807) is 0 Å². The van der Waals surface area contributed by atoms with Crippen molar-refractivity contribution in [2.45, 2.75) is 18.4 Å². The zero-order valence-corrected chi connectivity index (χ0v) is 14.8. The van der Waals surface area contributed by atoms with Gasteiger partial charge in [0.15, 0.2) is 0 Å². The van der Waals surface area contributed by atoms with Gasteiger partial charge in [0.1, 0.15) is 0 Å². The fourth-order valence-electron chi connectivity index (χ4n) is 3.67. The van der Waals surface area contributed by atoms with Gasteiger partial charge in [-0.05, 0) is 42.2 Å². The summed E-state index contributed by atoms with van der Waals surface area (Å²) in [4.78, 5) is 0. The topological polar surface area (TPSA) is 12.0 Å². The molecule has 1 heterocycles. The van der Waals surface area contributed by atoms with Crippen LogP contribution in [0.4, 0.5) is 5.69 Å². The van der Waals surface area contributed by atoms with Crippen molar-refractivity contribution in [2.24, 2.45) is 5.92 Å². The molecule has 22 heavy (non-hydrogen) atoms. The van der Waals surface area contributed by atoms with E-state index in [9.17, 15) is 0 Å². The highest BCUT2D eigenvalue weighted by Crippen LogP contribution is 2.52. The van der Waals surface area contributed by atoms with Crippen molar-refractivity contribution >= 4 is 44.8 Å². The van der Waals surface area contributed by atoms with E-state index in [0.29, 0.717) is 16.9 Å². The predicted molar refractivity (Wildman–Crippen MR) is 97.0 cm³/mol. The first-order valence-corrected chi connectivity index (χ1v) is 8.86. The quantitative estimate of drug-likeness (QED) is 0.538. The average molecular weight is 395 g/mol. The van der Waals surface area contributed by atoms with E-state index in [2.05, 4.69) is 57.7 Å². The summed E-state index contributed by atoms with van der Waals surface area (Å²) >= 11 is 16.2. The Labute approximate surface area is 148 Å². The van der Waals surface area contributed by atoms with Crippen molar-refractivity contribution in [2.75, 3.05) is 5.32 Å². The molecular weight excluding hydrogens is 381 g/mol. The maximum absolute atomic E-state index is 6.47. The van der Waals surface area contributed by atoms with Crippen molar-refractivity contribution in [3.63, 3.8) is 0 Å². The molecule has 2 aromatic carbocycles. The fraction of sp³-hybridized carbons (Fsp3) is 0.222. The lowest BCUT2D eigenvalue weighted by Crippen LogP contribution is -2.29. The van der Waals surface area contributed by atoms with E-state index in [0.717, 1.165) is 21.6 Å². The molecule has 0 aromatic heterocycles. The van der Waals surface area contributed by atoms with Crippen LogP contribution in [0.5, 0.6) is 0 Å². The van der Waals surface area contributed by atoms with Gasteiger partial charge in [0.2, 0.25) is 0 Å². The lowest BCUT2D eigenvalue weighted by molar-refractivity contribution is 0.425. The smallest absolute Gasteiger partial charge is 0.0554 e. The van der Waals surface area contributed by atoms with Crippen LogP contribution in [-0.2, 0) is 0 Å². The number of anilines is 1. The second kappa shape index (κ2) is 5.59. The van der Waals surface area contributed by atoms with Crippen LogP contribution in [-0.4, -0.2) is 0 Å². The van der Waals surface area contributed by atoms with Crippen molar-refractivity contribution in [1.82, 2.24) is 0 Å². The lowest BCUT2D eigenvalue weighted by Gasteiger charge is -2.38. The Morgan fingerprint density at radius 2 is 2.00 bits per heavy atom. The molecule has 1 nitrogen and oxygen atoms in total. The Morgan fingerprint density at radius 1 is 1.14 bits per heavy atom. The largest absolute Gasteiger partial charge is 0.378 e. The van der Waals surface area contributed by atoms with Gasteiger partial charge in [-0.25, -0.2) is 0 Å². The van der Waals surface area contributed by atoms with Crippen LogP contribution in [0.1, 0.15) is 29.5 Å². The van der Waals surface area contributed by atoms with Crippen molar-refractivity contribution in [3.05, 3.63) is 74.2 Å². The maximum atomic E-state index is 6.47. The first kappa shape index (κ1) is 14.6. The van der Waals surface area contributed by atoms with Gasteiger partial charge in [-0.1, -0.05) is 63.4 Å². The average Bonchev–Trinajstić information content (AvgIpc) is 2.94. The van der Waals surface area contributed by atoms with E-state index in [4.69, 9.17) is 23.2 Å². The zero-order valence-electron chi connectivity index (χ0n) is 11.7. The Balaban J connectivity index is 1.84. The van der Waals surface area contributed by atoms with Gasteiger partial charge in [0.25, 0.3) is 0 Å². The monoisotopic (exact) mass is 393 g/mol. The molecule has 4 rings (SSSR count). The molecule has 0 saturated carbocycles. The van der Waals surface area contributed by atoms with Crippen molar-refractivity contribution in [1.29, 1.82) is 0 Å². The zero-order chi connectivity index (χ0) is 15.3. The minimum absolute atomic E-state index is 0.263. The van der Waals surface area contributed by atoms with Crippen LogP contribution in [0.15, 0.2) is 53.0 Å². The van der Waals surface area contributed by atoms with Gasteiger partial charge in [-0.3, -0.25) is 0 Å². The van der Waals surface area contributed by atoms with Gasteiger partial charge in [-0.2, -0.15) is 0 Å². The summed E-state index contributed by atoms with van der Waals surface area (Å²) in [6.45, 7) is 0. The van der Waals surface area contributed by atoms with Crippen LogP contribution >= 0.6 is 39.1 Å². The molecule has 3 atom stereocenters. The molecule has 0 amide bonds. The highest BCUT2D eigenvalue weighted by atomic mass is 79.9. The van der Waals surface area contributed by atoms with Crippen LogP contribution in [0.3, 0.4) is 0 Å². The summed E-state index contributed by atoms with van der Waals surface area (Å²) < 4.78 is 1.10. The lowest BCUT2D eigenvalue weighted by atomic mass is 9.77. The van der Waals surface area contributed by atoms with E-state index in [1.807, 2.05) is 12.1 Å². The number of nitrogens with one attached hydrogen (secondary N) is 1. The molecule has 0 fully saturated rings. The molecule has 1 N–H and O–H groups in total. The SMILES string of the molecule is Clc1cc(Cl)c2c(c1)N[C@H](c1cccc(Br)c1)[C@@H]1CC=C[C@H]21. The number of halogens is 3. The minimum Gasteiger partial charge on any atom is -0.378 e. The van der Waals surface area contributed by atoms with Gasteiger partial charge in [0.05, 0.1) is 6.04 Å². The van der Waals surface area contributed by atoms with Gasteiger partial charge < -0.3 is 5.32 Å². The highest BCUT2D eigenvalue weighted by Gasteiger charge is 2.39. The van der Waals surface area contributed by atoms with E-state index in [-0.39, 0.29) is 6.04 Å². The van der Waals surface area contributed by atoms with Crippen LogP contribution < -0.4 is 5.32 Å². The summed E-state index contributed by atoms with van der Waals surface area (Å²) in [7, 11) is 0. The van der Waals surface area contributed by atoms with Gasteiger partial charge in [-0.15, -0.1) is 0 Å². The van der Waals surface area contributed by atoms with E-state index < -0.39 is 0 Å². The first-order chi connectivity index (χ1) is 10.6. The fourth-order valence-corrected chi connectivity index (χ4v) is 4.71. The first-order valence-electron chi connectivity index (χ1n) is 7.31. The number of benzene rings is 2. The second-order valence-electron chi connectivity index (χ2n) is 5.88. The van der Waals surface area contributed by atoms with Crippen LogP contribution in [0.25, 0.3) is 0 Å². The Hall–Kier alpha value is -0.960. The molecule has 4 heteroatoms. The third-order valence-electron chi connectivity index (χ3n) is 4.59. The molecule has 1 aliphatic carbocycles.